The van der Waals surface area contributed by atoms with Gasteiger partial charge in [0, 0.05) is 23.2 Å². The fourth-order valence-electron chi connectivity index (χ4n) is 3.70. The number of pyridine rings is 1. The molecule has 3 aromatic rings. The quantitative estimate of drug-likeness (QED) is 0.711. The van der Waals surface area contributed by atoms with Gasteiger partial charge in [-0.15, -0.1) is 6.42 Å². The third-order valence-electron chi connectivity index (χ3n) is 4.96. The highest BCUT2D eigenvalue weighted by Crippen LogP contribution is 2.25. The number of H-pyrrole nitrogens is 1. The maximum absolute atomic E-state index is 13.1. The van der Waals surface area contributed by atoms with Crippen LogP contribution in [0.2, 0.25) is 0 Å². The van der Waals surface area contributed by atoms with Gasteiger partial charge in [0.1, 0.15) is 5.52 Å². The Bertz CT molecular complexity index is 1020. The molecule has 24 heavy (non-hydrogen) atoms. The Morgan fingerprint density at radius 1 is 1.46 bits per heavy atom. The number of aryl methyl sites for hydroxylation is 1. The summed E-state index contributed by atoms with van der Waals surface area (Å²) in [7, 11) is 0. The Kier molecular flexibility index (Phi) is 3.62. The summed E-state index contributed by atoms with van der Waals surface area (Å²) in [6.45, 7) is 4.63. The van der Waals surface area contributed by atoms with Gasteiger partial charge in [-0.25, -0.2) is 0 Å². The third-order valence-corrected chi connectivity index (χ3v) is 4.96. The molecule has 0 saturated carbocycles. The second-order valence-corrected chi connectivity index (χ2v) is 6.58. The van der Waals surface area contributed by atoms with Gasteiger partial charge >= 0.3 is 0 Å². The molecular weight excluding hydrogens is 300 g/mol. The highest BCUT2D eigenvalue weighted by Gasteiger charge is 2.19. The average Bonchev–Trinajstić information content (AvgIpc) is 3.01. The minimum atomic E-state index is 0.0304. The minimum Gasteiger partial charge on any atom is -0.316 e. The molecule has 3 heterocycles. The first-order chi connectivity index (χ1) is 11.7. The van der Waals surface area contributed by atoms with Crippen molar-refractivity contribution in [3.05, 3.63) is 39.8 Å². The molecule has 0 spiro atoms. The maximum atomic E-state index is 13.1. The van der Waals surface area contributed by atoms with Crippen LogP contribution in [0.3, 0.4) is 0 Å². The van der Waals surface area contributed by atoms with Gasteiger partial charge in [0.2, 0.25) is 0 Å². The molecule has 0 bridgehead atoms. The van der Waals surface area contributed by atoms with Gasteiger partial charge < -0.3 is 9.88 Å². The number of benzene rings is 1. The zero-order valence-corrected chi connectivity index (χ0v) is 13.7. The predicted molar refractivity (Wildman–Crippen MR) is 96.1 cm³/mol. The van der Waals surface area contributed by atoms with Crippen LogP contribution >= 0.6 is 0 Å². The van der Waals surface area contributed by atoms with E-state index in [2.05, 4.69) is 21.4 Å². The summed E-state index contributed by atoms with van der Waals surface area (Å²) in [5, 5.41) is 12.3. The molecular formula is C19H20N4O. The second-order valence-electron chi connectivity index (χ2n) is 6.58. The van der Waals surface area contributed by atoms with Crippen molar-refractivity contribution in [2.75, 3.05) is 13.1 Å². The lowest BCUT2D eigenvalue weighted by molar-refractivity contribution is 0.338. The zero-order valence-electron chi connectivity index (χ0n) is 13.7. The molecule has 0 aliphatic carbocycles. The van der Waals surface area contributed by atoms with Crippen LogP contribution in [0.25, 0.3) is 21.8 Å². The number of hydrogen-bond acceptors (Lipinski definition) is 3. The van der Waals surface area contributed by atoms with Gasteiger partial charge in [-0.1, -0.05) is 5.92 Å². The molecule has 2 N–H and O–H groups in total. The van der Waals surface area contributed by atoms with Crippen LogP contribution in [0.15, 0.2) is 23.0 Å². The molecule has 5 heteroatoms. The summed E-state index contributed by atoms with van der Waals surface area (Å²) < 4.78 is 1.90. The van der Waals surface area contributed by atoms with E-state index in [0.29, 0.717) is 16.8 Å². The van der Waals surface area contributed by atoms with E-state index in [1.165, 1.54) is 0 Å². The molecule has 1 fully saturated rings. The highest BCUT2D eigenvalue weighted by atomic mass is 16.1. The standard InChI is InChI=1S/C19H20N4O/c1-3-13-6-7-16-15(9-13)18-17(12(2)21-22-18)19(24)23(16)11-14-5-4-8-20-10-14/h1,6-7,9,14,20H,4-5,8,10-11H2,2H3,(H,21,22)/t14-/m0/s1. The summed E-state index contributed by atoms with van der Waals surface area (Å²) in [6, 6.07) is 5.79. The lowest BCUT2D eigenvalue weighted by atomic mass is 9.99. The minimum absolute atomic E-state index is 0.0304. The molecule has 0 radical (unpaired) electrons. The van der Waals surface area contributed by atoms with Gasteiger partial charge in [-0.3, -0.25) is 9.89 Å². The highest BCUT2D eigenvalue weighted by molar-refractivity contribution is 6.04. The number of rotatable bonds is 2. The number of nitrogens with one attached hydrogen (secondary N) is 2. The summed E-state index contributed by atoms with van der Waals surface area (Å²) >= 11 is 0. The Morgan fingerprint density at radius 3 is 3.08 bits per heavy atom. The van der Waals surface area contributed by atoms with Crippen molar-refractivity contribution in [1.82, 2.24) is 20.1 Å². The smallest absolute Gasteiger partial charge is 0.262 e. The van der Waals surface area contributed by atoms with Crippen molar-refractivity contribution in [3.8, 4) is 12.3 Å². The number of aromatic amines is 1. The fourth-order valence-corrected chi connectivity index (χ4v) is 3.70. The zero-order chi connectivity index (χ0) is 16.7. The number of terminal acetylenes is 1. The third kappa shape index (κ3) is 2.31. The van der Waals surface area contributed by atoms with Crippen molar-refractivity contribution in [2.45, 2.75) is 26.3 Å². The van der Waals surface area contributed by atoms with Crippen molar-refractivity contribution >= 4 is 21.8 Å². The van der Waals surface area contributed by atoms with Crippen LogP contribution in [0.5, 0.6) is 0 Å². The lowest BCUT2D eigenvalue weighted by Gasteiger charge is -2.24. The number of fused-ring (bicyclic) bond motifs is 3. The Labute approximate surface area is 140 Å². The number of aromatic nitrogens is 3. The molecule has 4 rings (SSSR count). The summed E-state index contributed by atoms with van der Waals surface area (Å²) in [6.07, 6.45) is 7.86. The number of hydrogen-bond donors (Lipinski definition) is 2. The number of piperidine rings is 1. The van der Waals surface area contributed by atoms with Crippen molar-refractivity contribution in [1.29, 1.82) is 0 Å². The molecule has 1 aliphatic heterocycles. The Morgan fingerprint density at radius 2 is 2.33 bits per heavy atom. The summed E-state index contributed by atoms with van der Waals surface area (Å²) in [4.78, 5) is 13.1. The van der Waals surface area contributed by atoms with Crippen LogP contribution in [0.1, 0.15) is 24.1 Å². The Balaban J connectivity index is 1.99. The largest absolute Gasteiger partial charge is 0.316 e. The lowest BCUT2D eigenvalue weighted by Crippen LogP contribution is -2.35. The maximum Gasteiger partial charge on any atom is 0.262 e. The first-order valence-corrected chi connectivity index (χ1v) is 8.37. The van der Waals surface area contributed by atoms with E-state index < -0.39 is 0 Å². The Hall–Kier alpha value is -2.58. The van der Waals surface area contributed by atoms with Crippen LogP contribution in [0.4, 0.5) is 0 Å². The second kappa shape index (κ2) is 5.81. The summed E-state index contributed by atoms with van der Waals surface area (Å²) in [5.41, 5.74) is 3.25. The predicted octanol–water partition coefficient (Wildman–Crippen LogP) is 2.17. The monoisotopic (exact) mass is 320 g/mol. The van der Waals surface area contributed by atoms with Crippen LogP contribution in [0, 0.1) is 25.2 Å². The topological polar surface area (TPSA) is 62.7 Å². The van der Waals surface area contributed by atoms with Gasteiger partial charge in [-0.05, 0) is 57.0 Å². The SMILES string of the molecule is C#Cc1ccc2c(c1)c1n[nH]c(C)c1c(=O)n2C[C@H]1CCCNC1. The molecule has 5 nitrogen and oxygen atoms in total. The first-order valence-electron chi connectivity index (χ1n) is 8.37. The van der Waals surface area contributed by atoms with E-state index in [-0.39, 0.29) is 5.56 Å². The average molecular weight is 320 g/mol. The van der Waals surface area contributed by atoms with E-state index in [0.717, 1.165) is 54.6 Å². The first kappa shape index (κ1) is 15.0. The van der Waals surface area contributed by atoms with Crippen LogP contribution in [-0.4, -0.2) is 27.9 Å². The molecule has 1 aromatic carbocycles. The van der Waals surface area contributed by atoms with E-state index in [1.54, 1.807) is 0 Å². The van der Waals surface area contributed by atoms with Gasteiger partial charge in [0.25, 0.3) is 5.56 Å². The van der Waals surface area contributed by atoms with E-state index >= 15 is 0 Å². The van der Waals surface area contributed by atoms with E-state index in [9.17, 15) is 4.79 Å². The van der Waals surface area contributed by atoms with Crippen molar-refractivity contribution < 1.29 is 0 Å². The van der Waals surface area contributed by atoms with Gasteiger partial charge in [-0.2, -0.15) is 5.10 Å². The van der Waals surface area contributed by atoms with Crippen molar-refractivity contribution in [3.63, 3.8) is 0 Å². The fraction of sp³-hybridized carbons (Fsp3) is 0.368. The van der Waals surface area contributed by atoms with Crippen LogP contribution < -0.4 is 10.9 Å². The molecule has 0 unspecified atom stereocenters. The molecule has 122 valence electrons. The van der Waals surface area contributed by atoms with Crippen molar-refractivity contribution in [2.24, 2.45) is 5.92 Å². The number of nitrogens with zero attached hydrogens (tertiary/aromatic N) is 2. The normalized spacial score (nSPS) is 18.1. The van der Waals surface area contributed by atoms with E-state index in [1.807, 2.05) is 29.7 Å². The van der Waals surface area contributed by atoms with Gasteiger partial charge in [0.15, 0.2) is 0 Å². The van der Waals surface area contributed by atoms with Gasteiger partial charge in [0.05, 0.1) is 10.9 Å². The molecule has 1 aliphatic rings. The van der Waals surface area contributed by atoms with Crippen LogP contribution in [-0.2, 0) is 6.54 Å². The molecule has 1 atom stereocenters. The molecule has 2 aromatic heterocycles. The summed E-state index contributed by atoms with van der Waals surface area (Å²) in [5.74, 6) is 3.14. The molecule has 0 amide bonds. The molecule has 1 saturated heterocycles. The van der Waals surface area contributed by atoms with E-state index in [4.69, 9.17) is 6.42 Å².